The van der Waals surface area contributed by atoms with Crippen LogP contribution in [0.4, 0.5) is 0 Å². The summed E-state index contributed by atoms with van der Waals surface area (Å²) in [5.41, 5.74) is 1.34. The zero-order valence-electron chi connectivity index (χ0n) is 13.2. The Kier molecular flexibility index (Phi) is 7.80. The highest BCUT2D eigenvalue weighted by Crippen LogP contribution is 2.20. The number of nitrogens with zero attached hydrogens (tertiary/aromatic N) is 2. The normalized spacial score (nSPS) is 14.5. The van der Waals surface area contributed by atoms with Gasteiger partial charge in [-0.15, -0.1) is 0 Å². The Morgan fingerprint density at radius 2 is 2.05 bits per heavy atom. The molecule has 1 heterocycles. The summed E-state index contributed by atoms with van der Waals surface area (Å²) < 4.78 is 2.00. The van der Waals surface area contributed by atoms with E-state index < -0.39 is 0 Å². The summed E-state index contributed by atoms with van der Waals surface area (Å²) in [6.45, 7) is 7.89. The van der Waals surface area contributed by atoms with Gasteiger partial charge in [-0.3, -0.25) is 4.68 Å². The second-order valence-corrected chi connectivity index (χ2v) is 5.46. The maximum absolute atomic E-state index is 4.25. The lowest BCUT2D eigenvalue weighted by atomic mass is 9.88. The van der Waals surface area contributed by atoms with Crippen molar-refractivity contribution in [2.75, 3.05) is 6.54 Å². The van der Waals surface area contributed by atoms with E-state index in [-0.39, 0.29) is 0 Å². The zero-order valence-corrected chi connectivity index (χ0v) is 13.2. The molecule has 0 aliphatic heterocycles. The second kappa shape index (κ2) is 9.13. The fourth-order valence-electron chi connectivity index (χ4n) is 2.87. The minimum absolute atomic E-state index is 0.649. The second-order valence-electron chi connectivity index (χ2n) is 5.46. The van der Waals surface area contributed by atoms with Crippen molar-refractivity contribution in [3.63, 3.8) is 0 Å². The van der Waals surface area contributed by atoms with Gasteiger partial charge in [0.25, 0.3) is 0 Å². The number of nitrogens with one attached hydrogen (secondary N) is 1. The van der Waals surface area contributed by atoms with Gasteiger partial charge in [-0.1, -0.05) is 40.0 Å². The summed E-state index contributed by atoms with van der Waals surface area (Å²) in [7, 11) is 2.03. The van der Waals surface area contributed by atoms with Gasteiger partial charge in [0.2, 0.25) is 0 Å². The molecule has 1 N–H and O–H groups in total. The van der Waals surface area contributed by atoms with Crippen molar-refractivity contribution in [3.05, 3.63) is 18.0 Å². The van der Waals surface area contributed by atoms with Gasteiger partial charge >= 0.3 is 0 Å². The van der Waals surface area contributed by atoms with Crippen molar-refractivity contribution in [1.82, 2.24) is 15.1 Å². The van der Waals surface area contributed by atoms with Gasteiger partial charge in [0.15, 0.2) is 0 Å². The topological polar surface area (TPSA) is 29.9 Å². The van der Waals surface area contributed by atoms with Gasteiger partial charge in [-0.25, -0.2) is 0 Å². The van der Waals surface area contributed by atoms with Crippen LogP contribution in [0, 0.1) is 5.92 Å². The quantitative estimate of drug-likeness (QED) is 0.701. The Balaban J connectivity index is 2.52. The van der Waals surface area contributed by atoms with E-state index in [1.807, 2.05) is 17.9 Å². The molecule has 3 nitrogen and oxygen atoms in total. The first-order valence-corrected chi connectivity index (χ1v) is 7.93. The van der Waals surface area contributed by atoms with Crippen LogP contribution < -0.4 is 5.32 Å². The molecule has 0 aromatic carbocycles. The van der Waals surface area contributed by atoms with E-state index in [2.05, 4.69) is 37.3 Å². The lowest BCUT2D eigenvalue weighted by Crippen LogP contribution is -2.36. The monoisotopic (exact) mass is 265 g/mol. The van der Waals surface area contributed by atoms with Gasteiger partial charge in [0.05, 0.1) is 0 Å². The molecule has 2 unspecified atom stereocenters. The van der Waals surface area contributed by atoms with Gasteiger partial charge in [-0.05, 0) is 37.8 Å². The zero-order chi connectivity index (χ0) is 14.1. The molecule has 0 amide bonds. The molecule has 1 aromatic heterocycles. The van der Waals surface area contributed by atoms with E-state index in [1.54, 1.807) is 0 Å². The van der Waals surface area contributed by atoms with Crippen molar-refractivity contribution < 1.29 is 0 Å². The Hall–Kier alpha value is -0.830. The van der Waals surface area contributed by atoms with Crippen LogP contribution in [0.5, 0.6) is 0 Å². The smallest absolute Gasteiger partial charge is 0.0492 e. The SMILES string of the molecule is CCCCC(CC)C(CCc1ccnn1C)NCC. The molecule has 0 aliphatic carbocycles. The first-order valence-electron chi connectivity index (χ1n) is 7.93. The first kappa shape index (κ1) is 16.2. The van der Waals surface area contributed by atoms with Crippen molar-refractivity contribution in [1.29, 1.82) is 0 Å². The number of hydrogen-bond acceptors (Lipinski definition) is 2. The maximum Gasteiger partial charge on any atom is 0.0492 e. The van der Waals surface area contributed by atoms with Crippen LogP contribution in [0.1, 0.15) is 58.6 Å². The predicted molar refractivity (Wildman–Crippen MR) is 82.3 cm³/mol. The van der Waals surface area contributed by atoms with E-state index in [0.717, 1.165) is 18.9 Å². The predicted octanol–water partition coefficient (Wildman–Crippen LogP) is 3.55. The van der Waals surface area contributed by atoms with Crippen LogP contribution >= 0.6 is 0 Å². The Bertz CT molecular complexity index is 332. The van der Waals surface area contributed by atoms with E-state index in [4.69, 9.17) is 0 Å². The highest BCUT2D eigenvalue weighted by molar-refractivity contribution is 5.00. The summed E-state index contributed by atoms with van der Waals surface area (Å²) in [5.74, 6) is 0.813. The van der Waals surface area contributed by atoms with Crippen LogP contribution in [0.25, 0.3) is 0 Å². The molecule has 2 atom stereocenters. The fraction of sp³-hybridized carbons (Fsp3) is 0.812. The van der Waals surface area contributed by atoms with Crippen LogP contribution in [-0.2, 0) is 13.5 Å². The van der Waals surface area contributed by atoms with E-state index in [0.29, 0.717) is 6.04 Å². The van der Waals surface area contributed by atoms with Crippen molar-refractivity contribution >= 4 is 0 Å². The van der Waals surface area contributed by atoms with E-state index in [9.17, 15) is 0 Å². The highest BCUT2D eigenvalue weighted by atomic mass is 15.2. The number of hydrogen-bond donors (Lipinski definition) is 1. The van der Waals surface area contributed by atoms with Crippen LogP contribution in [0.15, 0.2) is 12.3 Å². The molecule has 1 rings (SSSR count). The average molecular weight is 265 g/mol. The van der Waals surface area contributed by atoms with Gasteiger partial charge in [-0.2, -0.15) is 5.10 Å². The molecule has 0 spiro atoms. The fourth-order valence-corrected chi connectivity index (χ4v) is 2.87. The molecule has 0 fully saturated rings. The van der Waals surface area contributed by atoms with Crippen LogP contribution in [-0.4, -0.2) is 22.4 Å². The third-order valence-corrected chi connectivity index (χ3v) is 4.12. The third kappa shape index (κ3) is 5.35. The summed E-state index contributed by atoms with van der Waals surface area (Å²) in [4.78, 5) is 0. The molecule has 0 aliphatic rings. The summed E-state index contributed by atoms with van der Waals surface area (Å²) >= 11 is 0. The molecule has 1 aromatic rings. The minimum atomic E-state index is 0.649. The highest BCUT2D eigenvalue weighted by Gasteiger charge is 2.18. The standard InChI is InChI=1S/C16H31N3/c1-5-8-9-14(6-2)16(17-7-3)11-10-15-12-13-18-19(15)4/h12-14,16-17H,5-11H2,1-4H3. The summed E-state index contributed by atoms with van der Waals surface area (Å²) in [5, 5.41) is 7.95. The van der Waals surface area contributed by atoms with Crippen molar-refractivity contribution in [3.8, 4) is 0 Å². The molecule has 0 saturated carbocycles. The summed E-state index contributed by atoms with van der Waals surface area (Å²) in [6, 6.07) is 2.78. The molecule has 0 bridgehead atoms. The van der Waals surface area contributed by atoms with Crippen LogP contribution in [0.2, 0.25) is 0 Å². The van der Waals surface area contributed by atoms with Crippen LogP contribution in [0.3, 0.4) is 0 Å². The number of aromatic nitrogens is 2. The van der Waals surface area contributed by atoms with E-state index >= 15 is 0 Å². The van der Waals surface area contributed by atoms with Gasteiger partial charge in [0, 0.05) is 25.0 Å². The lowest BCUT2D eigenvalue weighted by Gasteiger charge is -2.27. The maximum atomic E-state index is 4.25. The largest absolute Gasteiger partial charge is 0.314 e. The third-order valence-electron chi connectivity index (χ3n) is 4.12. The summed E-state index contributed by atoms with van der Waals surface area (Å²) in [6.07, 6.45) is 9.53. The Labute approximate surface area is 118 Å². The molecule has 0 saturated heterocycles. The molecule has 3 heteroatoms. The van der Waals surface area contributed by atoms with E-state index in [1.165, 1.54) is 37.8 Å². The minimum Gasteiger partial charge on any atom is -0.314 e. The average Bonchev–Trinajstić information content (AvgIpc) is 2.82. The molecular weight excluding hydrogens is 234 g/mol. The molecular formula is C16H31N3. The van der Waals surface area contributed by atoms with Crippen molar-refractivity contribution in [2.24, 2.45) is 13.0 Å². The molecule has 110 valence electrons. The number of aryl methyl sites for hydroxylation is 2. The Morgan fingerprint density at radius 3 is 2.58 bits per heavy atom. The molecule has 0 radical (unpaired) electrons. The van der Waals surface area contributed by atoms with Gasteiger partial charge < -0.3 is 5.32 Å². The van der Waals surface area contributed by atoms with Crippen molar-refractivity contribution in [2.45, 2.75) is 65.3 Å². The number of unbranched alkanes of at least 4 members (excludes halogenated alkanes) is 1. The first-order chi connectivity index (χ1) is 9.22. The Morgan fingerprint density at radius 1 is 1.26 bits per heavy atom. The van der Waals surface area contributed by atoms with Gasteiger partial charge in [0.1, 0.15) is 0 Å². The molecule has 19 heavy (non-hydrogen) atoms. The number of rotatable bonds is 10. The lowest BCUT2D eigenvalue weighted by molar-refractivity contribution is 0.305.